The van der Waals surface area contributed by atoms with E-state index in [1.807, 2.05) is 6.92 Å². The smallest absolute Gasteiger partial charge is 0.228 e. The molecule has 0 bridgehead atoms. The molecular formula is C12H14FN5. The third kappa shape index (κ3) is 2.71. The van der Waals surface area contributed by atoms with Crippen molar-refractivity contribution in [3.63, 3.8) is 0 Å². The van der Waals surface area contributed by atoms with Gasteiger partial charge in [-0.05, 0) is 19.9 Å². The lowest BCUT2D eigenvalue weighted by atomic mass is 10.1. The van der Waals surface area contributed by atoms with Crippen molar-refractivity contribution >= 4 is 11.9 Å². The quantitative estimate of drug-likeness (QED) is 0.868. The second kappa shape index (κ2) is 4.95. The number of nitrogen functional groups attached to an aromatic ring is 1. The van der Waals surface area contributed by atoms with Gasteiger partial charge >= 0.3 is 0 Å². The van der Waals surface area contributed by atoms with Crippen molar-refractivity contribution in [1.29, 1.82) is 0 Å². The number of halogens is 1. The topological polar surface area (TPSA) is 76.7 Å². The first-order valence-electron chi connectivity index (χ1n) is 5.55. The van der Waals surface area contributed by atoms with Crippen LogP contribution in [0.2, 0.25) is 0 Å². The number of nitrogens with zero attached hydrogens (tertiary/aromatic N) is 3. The van der Waals surface area contributed by atoms with E-state index in [2.05, 4.69) is 20.3 Å². The minimum Gasteiger partial charge on any atom is -0.368 e. The number of rotatable bonds is 3. The van der Waals surface area contributed by atoms with Crippen LogP contribution in [0.25, 0.3) is 0 Å². The van der Waals surface area contributed by atoms with Gasteiger partial charge in [0, 0.05) is 5.56 Å². The van der Waals surface area contributed by atoms with Gasteiger partial charge in [0.15, 0.2) is 0 Å². The fourth-order valence-electron chi connectivity index (χ4n) is 1.66. The third-order valence-electron chi connectivity index (χ3n) is 2.48. The highest BCUT2D eigenvalue weighted by molar-refractivity contribution is 5.35. The summed E-state index contributed by atoms with van der Waals surface area (Å²) >= 11 is 0. The normalized spacial score (nSPS) is 12.2. The van der Waals surface area contributed by atoms with Crippen molar-refractivity contribution in [2.75, 3.05) is 11.1 Å². The highest BCUT2D eigenvalue weighted by Gasteiger charge is 2.11. The summed E-state index contributed by atoms with van der Waals surface area (Å²) < 4.78 is 13.6. The molecule has 0 aliphatic carbocycles. The Morgan fingerprint density at radius 2 is 1.94 bits per heavy atom. The molecule has 1 aromatic carbocycles. The van der Waals surface area contributed by atoms with Crippen LogP contribution in [-0.2, 0) is 0 Å². The lowest BCUT2D eigenvalue weighted by molar-refractivity contribution is 0.599. The Labute approximate surface area is 104 Å². The summed E-state index contributed by atoms with van der Waals surface area (Å²) in [6.07, 6.45) is 0. The molecule has 1 atom stereocenters. The largest absolute Gasteiger partial charge is 0.368 e. The molecule has 5 nitrogen and oxygen atoms in total. The molecule has 0 spiro atoms. The van der Waals surface area contributed by atoms with Crippen molar-refractivity contribution in [2.45, 2.75) is 19.9 Å². The van der Waals surface area contributed by atoms with Crippen molar-refractivity contribution < 1.29 is 4.39 Å². The van der Waals surface area contributed by atoms with Crippen molar-refractivity contribution in [3.05, 3.63) is 41.5 Å². The molecule has 6 heteroatoms. The van der Waals surface area contributed by atoms with E-state index in [1.165, 1.54) is 6.07 Å². The highest BCUT2D eigenvalue weighted by Crippen LogP contribution is 2.19. The van der Waals surface area contributed by atoms with Crippen LogP contribution < -0.4 is 11.1 Å². The van der Waals surface area contributed by atoms with Crippen LogP contribution in [0.1, 0.15) is 24.4 Å². The van der Waals surface area contributed by atoms with Gasteiger partial charge in [-0.2, -0.15) is 15.0 Å². The lowest BCUT2D eigenvalue weighted by Crippen LogP contribution is -2.13. The van der Waals surface area contributed by atoms with E-state index in [9.17, 15) is 4.39 Å². The maximum Gasteiger partial charge on any atom is 0.228 e. The molecule has 0 fully saturated rings. The Hall–Kier alpha value is -2.24. The molecule has 1 unspecified atom stereocenters. The summed E-state index contributed by atoms with van der Waals surface area (Å²) in [5.74, 6) is 0.739. The molecule has 2 aromatic rings. The lowest BCUT2D eigenvalue weighted by Gasteiger charge is -2.15. The number of nitrogens with two attached hydrogens (primary N) is 1. The van der Waals surface area contributed by atoms with E-state index < -0.39 is 0 Å². The second-order valence-corrected chi connectivity index (χ2v) is 3.95. The Morgan fingerprint density at radius 3 is 2.61 bits per heavy atom. The highest BCUT2D eigenvalue weighted by atomic mass is 19.1. The minimum atomic E-state index is -0.267. The monoisotopic (exact) mass is 247 g/mol. The second-order valence-electron chi connectivity index (χ2n) is 3.95. The maximum atomic E-state index is 13.6. The van der Waals surface area contributed by atoms with E-state index in [0.717, 1.165) is 0 Å². The molecule has 1 aromatic heterocycles. The first-order valence-corrected chi connectivity index (χ1v) is 5.55. The van der Waals surface area contributed by atoms with Crippen LogP contribution in [0.4, 0.5) is 16.3 Å². The van der Waals surface area contributed by atoms with Crippen LogP contribution in [0.15, 0.2) is 24.3 Å². The summed E-state index contributed by atoms with van der Waals surface area (Å²) in [6, 6.07) is 6.30. The van der Waals surface area contributed by atoms with Crippen molar-refractivity contribution in [2.24, 2.45) is 0 Å². The summed E-state index contributed by atoms with van der Waals surface area (Å²) in [5.41, 5.74) is 6.08. The Morgan fingerprint density at radius 1 is 1.22 bits per heavy atom. The molecule has 2 rings (SSSR count). The zero-order valence-electron chi connectivity index (χ0n) is 10.2. The van der Waals surface area contributed by atoms with Crippen molar-refractivity contribution in [1.82, 2.24) is 15.0 Å². The number of hydrogen-bond acceptors (Lipinski definition) is 5. The van der Waals surface area contributed by atoms with E-state index in [1.54, 1.807) is 25.1 Å². The average Bonchev–Trinajstić information content (AvgIpc) is 2.27. The number of aromatic nitrogens is 3. The van der Waals surface area contributed by atoms with Crippen LogP contribution in [0.5, 0.6) is 0 Å². The summed E-state index contributed by atoms with van der Waals surface area (Å²) in [5, 5.41) is 3.00. The predicted molar refractivity (Wildman–Crippen MR) is 67.4 cm³/mol. The Bertz CT molecular complexity index is 538. The van der Waals surface area contributed by atoms with Gasteiger partial charge in [-0.15, -0.1) is 0 Å². The minimum absolute atomic E-state index is 0.144. The van der Waals surface area contributed by atoms with Gasteiger partial charge in [-0.3, -0.25) is 0 Å². The molecule has 0 saturated carbocycles. The van der Waals surface area contributed by atoms with Gasteiger partial charge in [-0.1, -0.05) is 18.2 Å². The van der Waals surface area contributed by atoms with Gasteiger partial charge < -0.3 is 11.1 Å². The maximum absolute atomic E-state index is 13.6. The predicted octanol–water partition coefficient (Wildman–Crippen LogP) is 2.07. The molecule has 0 amide bonds. The molecular weight excluding hydrogens is 233 g/mol. The zero-order valence-corrected chi connectivity index (χ0v) is 10.2. The molecule has 0 aliphatic rings. The SMILES string of the molecule is Cc1nc(N)nc(NC(C)c2ccccc2F)n1. The van der Waals surface area contributed by atoms with Crippen LogP contribution >= 0.6 is 0 Å². The van der Waals surface area contributed by atoms with Gasteiger partial charge in [0.25, 0.3) is 0 Å². The number of hydrogen-bond donors (Lipinski definition) is 2. The Kier molecular flexibility index (Phi) is 3.36. The zero-order chi connectivity index (χ0) is 13.1. The van der Waals surface area contributed by atoms with E-state index in [4.69, 9.17) is 5.73 Å². The number of anilines is 2. The van der Waals surface area contributed by atoms with E-state index >= 15 is 0 Å². The fourth-order valence-corrected chi connectivity index (χ4v) is 1.66. The van der Waals surface area contributed by atoms with Gasteiger partial charge in [0.05, 0.1) is 6.04 Å². The molecule has 0 aliphatic heterocycles. The summed E-state index contributed by atoms with van der Waals surface area (Å²) in [7, 11) is 0. The van der Waals surface area contributed by atoms with Gasteiger partial charge in [0.1, 0.15) is 11.6 Å². The number of benzene rings is 1. The van der Waals surface area contributed by atoms with Crippen LogP contribution in [0, 0.1) is 12.7 Å². The van der Waals surface area contributed by atoms with Crippen LogP contribution in [0.3, 0.4) is 0 Å². The molecule has 94 valence electrons. The number of nitrogens with one attached hydrogen (secondary N) is 1. The number of aryl methyl sites for hydroxylation is 1. The summed E-state index contributed by atoms with van der Waals surface area (Å²) in [4.78, 5) is 11.9. The third-order valence-corrected chi connectivity index (χ3v) is 2.48. The molecule has 0 radical (unpaired) electrons. The van der Waals surface area contributed by atoms with E-state index in [0.29, 0.717) is 17.3 Å². The van der Waals surface area contributed by atoms with Gasteiger partial charge in [-0.25, -0.2) is 4.39 Å². The van der Waals surface area contributed by atoms with Gasteiger partial charge in [0.2, 0.25) is 11.9 Å². The van der Waals surface area contributed by atoms with Crippen LogP contribution in [-0.4, -0.2) is 15.0 Å². The van der Waals surface area contributed by atoms with E-state index in [-0.39, 0.29) is 17.8 Å². The molecule has 1 heterocycles. The van der Waals surface area contributed by atoms with Crippen molar-refractivity contribution in [3.8, 4) is 0 Å². The summed E-state index contributed by atoms with van der Waals surface area (Å²) in [6.45, 7) is 3.55. The fraction of sp³-hybridized carbons (Fsp3) is 0.250. The molecule has 18 heavy (non-hydrogen) atoms. The first kappa shape index (κ1) is 12.2. The average molecular weight is 247 g/mol. The Balaban J connectivity index is 2.21. The molecule has 3 N–H and O–H groups in total. The standard InChI is InChI=1S/C12H14FN5/c1-7(9-5-3-4-6-10(9)13)15-12-17-8(2)16-11(14)18-12/h3-7H,1-2H3,(H3,14,15,16,17,18). The molecule has 0 saturated heterocycles. The first-order chi connectivity index (χ1) is 8.56.